The molecule has 0 bridgehead atoms. The number of carbonyl (C=O) groups is 1. The number of ether oxygens (including phenoxy) is 2. The van der Waals surface area contributed by atoms with Crippen molar-refractivity contribution in [2.45, 2.75) is 39.7 Å². The summed E-state index contributed by atoms with van der Waals surface area (Å²) in [6.07, 6.45) is 7.52. The van der Waals surface area contributed by atoms with Crippen LogP contribution in [0.3, 0.4) is 0 Å². The molecular weight excluding hydrogens is 476 g/mol. The summed E-state index contributed by atoms with van der Waals surface area (Å²) in [5, 5.41) is 0. The number of likely N-dealkylation sites (tertiary alicyclic amines) is 1. The van der Waals surface area contributed by atoms with Crippen molar-refractivity contribution >= 4 is 17.7 Å². The predicted octanol–water partition coefficient (Wildman–Crippen LogP) is 5.43. The molecule has 2 fully saturated rings. The van der Waals surface area contributed by atoms with E-state index in [1.165, 1.54) is 11.3 Å². The molecule has 0 radical (unpaired) electrons. The zero-order chi connectivity index (χ0) is 26.6. The molecule has 1 atom stereocenters. The number of hydrogen-bond acceptors (Lipinski definition) is 5. The third-order valence-electron chi connectivity index (χ3n) is 7.49. The van der Waals surface area contributed by atoms with Crippen molar-refractivity contribution in [3.05, 3.63) is 77.4 Å². The highest BCUT2D eigenvalue weighted by Crippen LogP contribution is 2.35. The highest BCUT2D eigenvalue weighted by atomic mass is 16.5. The van der Waals surface area contributed by atoms with Gasteiger partial charge in [-0.15, -0.1) is 0 Å². The molecule has 0 N–H and O–H groups in total. The van der Waals surface area contributed by atoms with Crippen LogP contribution in [0, 0.1) is 12.8 Å². The average Bonchev–Trinajstić information content (AvgIpc) is 3.37. The van der Waals surface area contributed by atoms with Gasteiger partial charge >= 0.3 is 0 Å². The third-order valence-corrected chi connectivity index (χ3v) is 7.49. The summed E-state index contributed by atoms with van der Waals surface area (Å²) in [7, 11) is 1.67. The van der Waals surface area contributed by atoms with Crippen molar-refractivity contribution in [2.75, 3.05) is 44.9 Å². The molecule has 2 aromatic carbocycles. The number of benzene rings is 2. The second-order valence-electron chi connectivity index (χ2n) is 10.5. The van der Waals surface area contributed by atoms with E-state index in [1.54, 1.807) is 13.4 Å². The van der Waals surface area contributed by atoms with Gasteiger partial charge in [-0.1, -0.05) is 32.0 Å². The van der Waals surface area contributed by atoms with Crippen molar-refractivity contribution < 1.29 is 14.3 Å². The molecule has 1 amide bonds. The summed E-state index contributed by atoms with van der Waals surface area (Å²) in [6.45, 7) is 10.5. The number of morpholine rings is 1. The van der Waals surface area contributed by atoms with Crippen LogP contribution in [0.15, 0.2) is 60.6 Å². The lowest BCUT2D eigenvalue weighted by molar-refractivity contribution is -0.132. The minimum Gasteiger partial charge on any atom is -0.495 e. The lowest BCUT2D eigenvalue weighted by Crippen LogP contribution is -2.41. The SMILES string of the molecule is COc1cc(/C=C2\CCCN([C@H](c3ccc(N4CCOCC4)cc3)C(C)C)C2=O)ccc1-n1cnc(C)c1. The first-order chi connectivity index (χ1) is 18.4. The number of methoxy groups -OCH3 is 1. The largest absolute Gasteiger partial charge is 0.495 e. The zero-order valence-corrected chi connectivity index (χ0v) is 22.9. The van der Waals surface area contributed by atoms with Gasteiger partial charge in [-0.25, -0.2) is 4.98 Å². The van der Waals surface area contributed by atoms with E-state index in [4.69, 9.17) is 9.47 Å². The van der Waals surface area contributed by atoms with Gasteiger partial charge in [0.2, 0.25) is 5.91 Å². The maximum absolute atomic E-state index is 13.8. The highest BCUT2D eigenvalue weighted by Gasteiger charge is 2.32. The molecule has 2 aliphatic rings. The number of aromatic nitrogens is 2. The molecule has 0 spiro atoms. The van der Waals surface area contributed by atoms with Crippen molar-refractivity contribution in [3.8, 4) is 11.4 Å². The number of nitrogens with zero attached hydrogens (tertiary/aromatic N) is 4. The average molecular weight is 515 g/mol. The van der Waals surface area contributed by atoms with Gasteiger partial charge in [-0.2, -0.15) is 0 Å². The quantitative estimate of drug-likeness (QED) is 0.394. The minimum absolute atomic E-state index is 0.0336. The Labute approximate surface area is 225 Å². The molecule has 2 saturated heterocycles. The normalized spacial score (nSPS) is 18.3. The molecule has 0 saturated carbocycles. The molecule has 3 aromatic rings. The lowest BCUT2D eigenvalue weighted by Gasteiger charge is -2.38. The zero-order valence-electron chi connectivity index (χ0n) is 22.9. The van der Waals surface area contributed by atoms with Gasteiger partial charge in [0, 0.05) is 37.1 Å². The van der Waals surface area contributed by atoms with Gasteiger partial charge in [0.1, 0.15) is 5.75 Å². The standard InChI is InChI=1S/C31H38N4O3/c1-22(2)30(25-8-10-27(11-9-25)33-14-16-38-17-15-33)35-13-5-6-26(31(35)36)18-24-7-12-28(29(19-24)37-4)34-20-23(3)32-21-34/h7-12,18-22,30H,5-6,13-17H2,1-4H3/b26-18+/t30-/m0/s1. The molecule has 200 valence electrons. The first-order valence-electron chi connectivity index (χ1n) is 13.6. The number of amides is 1. The Morgan fingerprint density at radius 2 is 1.82 bits per heavy atom. The van der Waals surface area contributed by atoms with Crippen LogP contribution in [0.5, 0.6) is 5.75 Å². The highest BCUT2D eigenvalue weighted by molar-refractivity contribution is 5.99. The first kappa shape index (κ1) is 26.0. The summed E-state index contributed by atoms with van der Waals surface area (Å²) in [6, 6.07) is 14.9. The summed E-state index contributed by atoms with van der Waals surface area (Å²) in [5.41, 5.74) is 6.08. The van der Waals surface area contributed by atoms with Gasteiger partial charge < -0.3 is 23.8 Å². The Bertz CT molecular complexity index is 1290. The van der Waals surface area contributed by atoms with E-state index in [-0.39, 0.29) is 11.9 Å². The van der Waals surface area contributed by atoms with Gasteiger partial charge in [0.15, 0.2) is 0 Å². The Balaban J connectivity index is 1.38. The van der Waals surface area contributed by atoms with E-state index in [2.05, 4.69) is 52.9 Å². The molecule has 0 unspecified atom stereocenters. The Kier molecular flexibility index (Phi) is 7.84. The molecule has 38 heavy (non-hydrogen) atoms. The molecule has 3 heterocycles. The van der Waals surface area contributed by atoms with Gasteiger partial charge in [0.05, 0.1) is 44.1 Å². The second kappa shape index (κ2) is 11.4. The van der Waals surface area contributed by atoms with Crippen LogP contribution in [-0.4, -0.2) is 60.3 Å². The van der Waals surface area contributed by atoms with E-state index < -0.39 is 0 Å². The van der Waals surface area contributed by atoms with E-state index in [1.807, 2.05) is 42.0 Å². The summed E-state index contributed by atoms with van der Waals surface area (Å²) in [4.78, 5) is 22.6. The molecule has 2 aliphatic heterocycles. The fourth-order valence-corrected chi connectivity index (χ4v) is 5.61. The fourth-order valence-electron chi connectivity index (χ4n) is 5.61. The van der Waals surface area contributed by atoms with E-state index in [9.17, 15) is 4.79 Å². The van der Waals surface area contributed by atoms with Gasteiger partial charge in [-0.3, -0.25) is 4.79 Å². The molecule has 7 nitrogen and oxygen atoms in total. The van der Waals surface area contributed by atoms with Crippen LogP contribution in [0.4, 0.5) is 5.69 Å². The number of anilines is 1. The summed E-state index contributed by atoms with van der Waals surface area (Å²) in [5.74, 6) is 1.17. The number of piperidine rings is 1. The topological polar surface area (TPSA) is 59.8 Å². The Morgan fingerprint density at radius 3 is 2.47 bits per heavy atom. The van der Waals surface area contributed by atoms with Crippen molar-refractivity contribution in [1.82, 2.24) is 14.5 Å². The molecule has 1 aromatic heterocycles. The van der Waals surface area contributed by atoms with Gasteiger partial charge in [-0.05, 0) is 67.2 Å². The lowest BCUT2D eigenvalue weighted by atomic mass is 9.90. The Morgan fingerprint density at radius 1 is 1.05 bits per heavy atom. The fraction of sp³-hybridized carbons (Fsp3) is 0.419. The monoisotopic (exact) mass is 514 g/mol. The van der Waals surface area contributed by atoms with Crippen LogP contribution < -0.4 is 9.64 Å². The van der Waals surface area contributed by atoms with Crippen LogP contribution in [0.2, 0.25) is 0 Å². The summed E-state index contributed by atoms with van der Waals surface area (Å²) < 4.78 is 13.1. The molecule has 0 aliphatic carbocycles. The van der Waals surface area contributed by atoms with E-state index >= 15 is 0 Å². The first-order valence-corrected chi connectivity index (χ1v) is 13.6. The predicted molar refractivity (Wildman–Crippen MR) is 151 cm³/mol. The summed E-state index contributed by atoms with van der Waals surface area (Å²) >= 11 is 0. The number of imidazole rings is 1. The Hall–Kier alpha value is -3.58. The van der Waals surface area contributed by atoms with E-state index in [0.717, 1.165) is 74.0 Å². The van der Waals surface area contributed by atoms with E-state index in [0.29, 0.717) is 5.92 Å². The minimum atomic E-state index is 0.0336. The number of hydrogen-bond donors (Lipinski definition) is 0. The molecule has 7 heteroatoms. The molecular formula is C31H38N4O3. The van der Waals surface area contributed by atoms with Crippen molar-refractivity contribution in [2.24, 2.45) is 5.92 Å². The number of carbonyl (C=O) groups excluding carboxylic acids is 1. The van der Waals surface area contributed by atoms with Gasteiger partial charge in [0.25, 0.3) is 0 Å². The maximum Gasteiger partial charge on any atom is 0.250 e. The third kappa shape index (κ3) is 5.48. The number of rotatable bonds is 7. The second-order valence-corrected chi connectivity index (χ2v) is 10.5. The van der Waals surface area contributed by atoms with Crippen LogP contribution in [-0.2, 0) is 9.53 Å². The van der Waals surface area contributed by atoms with Crippen LogP contribution >= 0.6 is 0 Å². The van der Waals surface area contributed by atoms with Crippen LogP contribution in [0.25, 0.3) is 11.8 Å². The molecule has 5 rings (SSSR count). The van der Waals surface area contributed by atoms with Crippen molar-refractivity contribution in [3.63, 3.8) is 0 Å². The number of aryl methyl sites for hydroxylation is 1. The maximum atomic E-state index is 13.8. The van der Waals surface area contributed by atoms with Crippen LogP contribution in [0.1, 0.15) is 49.6 Å². The van der Waals surface area contributed by atoms with Crippen molar-refractivity contribution in [1.29, 1.82) is 0 Å². The smallest absolute Gasteiger partial charge is 0.250 e.